The summed E-state index contributed by atoms with van der Waals surface area (Å²) in [7, 11) is 0. The van der Waals surface area contributed by atoms with Crippen LogP contribution < -0.4 is 0 Å². The average Bonchev–Trinajstić information content (AvgIpc) is 3.55. The van der Waals surface area contributed by atoms with E-state index in [4.69, 9.17) is 8.83 Å². The Hall–Kier alpha value is -4.06. The number of aryl methyl sites for hydroxylation is 2. The zero-order valence-electron chi connectivity index (χ0n) is 23.4. The van der Waals surface area contributed by atoms with Gasteiger partial charge in [-0.1, -0.05) is 65.8 Å². The number of benzene rings is 3. The van der Waals surface area contributed by atoms with Crippen molar-refractivity contribution in [3.63, 3.8) is 0 Å². The van der Waals surface area contributed by atoms with Gasteiger partial charge < -0.3 is 8.83 Å². The van der Waals surface area contributed by atoms with Gasteiger partial charge in [0.2, 0.25) is 23.6 Å². The predicted octanol–water partition coefficient (Wildman–Crippen LogP) is 8.33. The topological polar surface area (TPSA) is 77.8 Å². The summed E-state index contributed by atoms with van der Waals surface area (Å²) in [6, 6.07) is 20.6. The first-order chi connectivity index (χ1) is 17.9. The van der Waals surface area contributed by atoms with Crippen molar-refractivity contribution < 1.29 is 8.83 Å². The Kier molecular flexibility index (Phi) is 6.30. The minimum absolute atomic E-state index is 0.0882. The van der Waals surface area contributed by atoms with Crippen LogP contribution in [0.3, 0.4) is 0 Å². The number of nitrogens with zero attached hydrogens (tertiary/aromatic N) is 4. The summed E-state index contributed by atoms with van der Waals surface area (Å²) in [6.45, 7) is 17.2. The highest BCUT2D eigenvalue weighted by atomic mass is 16.4. The van der Waals surface area contributed by atoms with Gasteiger partial charge in [-0.25, -0.2) is 0 Å². The molecule has 0 amide bonds. The first kappa shape index (κ1) is 25.6. The predicted molar refractivity (Wildman–Crippen MR) is 151 cm³/mol. The maximum atomic E-state index is 6.08. The molecule has 0 fully saturated rings. The molecule has 0 aliphatic rings. The van der Waals surface area contributed by atoms with Crippen molar-refractivity contribution in [1.82, 2.24) is 20.4 Å². The van der Waals surface area contributed by atoms with E-state index in [-0.39, 0.29) is 10.8 Å². The Balaban J connectivity index is 1.40. The minimum atomic E-state index is 0.0882. The van der Waals surface area contributed by atoms with E-state index in [2.05, 4.69) is 86.2 Å². The van der Waals surface area contributed by atoms with E-state index < -0.39 is 0 Å². The van der Waals surface area contributed by atoms with E-state index in [9.17, 15) is 0 Å². The Morgan fingerprint density at radius 2 is 0.789 bits per heavy atom. The van der Waals surface area contributed by atoms with E-state index in [1.165, 1.54) is 11.1 Å². The molecule has 0 bridgehead atoms. The summed E-state index contributed by atoms with van der Waals surface area (Å²) < 4.78 is 12.2. The molecule has 0 saturated heterocycles. The van der Waals surface area contributed by atoms with Crippen LogP contribution in [0.4, 0.5) is 0 Å². The number of aromatic nitrogens is 4. The van der Waals surface area contributed by atoms with Crippen molar-refractivity contribution in [2.24, 2.45) is 0 Å². The molecule has 3 aromatic carbocycles. The molecular weight excluding hydrogens is 472 g/mol. The summed E-state index contributed by atoms with van der Waals surface area (Å²) in [4.78, 5) is 0. The Labute approximate surface area is 224 Å². The van der Waals surface area contributed by atoms with E-state index in [1.54, 1.807) is 0 Å². The second kappa shape index (κ2) is 9.35. The summed E-state index contributed by atoms with van der Waals surface area (Å²) >= 11 is 0. The number of hydrogen-bond donors (Lipinski definition) is 0. The van der Waals surface area contributed by atoms with Gasteiger partial charge in [0.05, 0.1) is 0 Å². The van der Waals surface area contributed by atoms with E-state index >= 15 is 0 Å². The van der Waals surface area contributed by atoms with Gasteiger partial charge in [0.1, 0.15) is 0 Å². The van der Waals surface area contributed by atoms with E-state index in [0.29, 0.717) is 23.6 Å². The molecule has 194 valence electrons. The Bertz CT molecular complexity index is 1460. The van der Waals surface area contributed by atoms with Gasteiger partial charge >= 0.3 is 0 Å². The number of hydrogen-bond acceptors (Lipinski definition) is 6. The first-order valence-electron chi connectivity index (χ1n) is 12.9. The molecule has 0 saturated carbocycles. The molecule has 6 heteroatoms. The van der Waals surface area contributed by atoms with Gasteiger partial charge in [-0.05, 0) is 83.3 Å². The van der Waals surface area contributed by atoms with Crippen molar-refractivity contribution in [2.45, 2.75) is 66.2 Å². The Morgan fingerprint density at radius 1 is 0.474 bits per heavy atom. The molecule has 0 aliphatic heterocycles. The summed E-state index contributed by atoms with van der Waals surface area (Å²) in [6.07, 6.45) is 0. The molecule has 2 heterocycles. The normalized spacial score (nSPS) is 12.2. The highest BCUT2D eigenvalue weighted by Gasteiger charge is 2.20. The van der Waals surface area contributed by atoms with Gasteiger partial charge in [0, 0.05) is 22.3 Å². The molecule has 5 aromatic rings. The van der Waals surface area contributed by atoms with Gasteiger partial charge in [0.25, 0.3) is 0 Å². The fraction of sp³-hybridized carbons (Fsp3) is 0.312. The Morgan fingerprint density at radius 3 is 1.11 bits per heavy atom. The fourth-order valence-corrected chi connectivity index (χ4v) is 4.40. The monoisotopic (exact) mass is 506 g/mol. The van der Waals surface area contributed by atoms with Crippen LogP contribution >= 0.6 is 0 Å². The largest absolute Gasteiger partial charge is 0.416 e. The first-order valence-corrected chi connectivity index (χ1v) is 12.9. The fourth-order valence-electron chi connectivity index (χ4n) is 4.40. The molecule has 6 nitrogen and oxygen atoms in total. The average molecular weight is 507 g/mol. The third-order valence-electron chi connectivity index (χ3n) is 6.88. The van der Waals surface area contributed by atoms with Crippen molar-refractivity contribution >= 4 is 0 Å². The minimum Gasteiger partial charge on any atom is -0.416 e. The molecule has 5 rings (SSSR count). The lowest BCUT2D eigenvalue weighted by Gasteiger charge is -2.18. The maximum Gasteiger partial charge on any atom is 0.248 e. The lowest BCUT2D eigenvalue weighted by Crippen LogP contribution is -2.10. The van der Waals surface area contributed by atoms with Crippen molar-refractivity contribution in [2.75, 3.05) is 0 Å². The van der Waals surface area contributed by atoms with Crippen LogP contribution in [0.5, 0.6) is 0 Å². The lowest BCUT2D eigenvalue weighted by molar-refractivity contribution is 0.580. The molecule has 38 heavy (non-hydrogen) atoms. The zero-order valence-corrected chi connectivity index (χ0v) is 23.4. The van der Waals surface area contributed by atoms with Gasteiger partial charge in [-0.15, -0.1) is 20.4 Å². The molecular formula is C32H34N4O2. The summed E-state index contributed by atoms with van der Waals surface area (Å²) in [5.41, 5.74) is 8.23. The smallest absolute Gasteiger partial charge is 0.248 e. The molecule has 0 spiro atoms. The van der Waals surface area contributed by atoms with Gasteiger partial charge in [-0.2, -0.15) is 0 Å². The SMILES string of the molecule is Cc1cc(-c2nnc(-c3ccc(C(C)(C)C)cc3)o2)c(C)cc1-c1nnc(-c2ccc(C(C)(C)C)cc2)o1. The third kappa shape index (κ3) is 5.03. The second-order valence-electron chi connectivity index (χ2n) is 12.0. The molecule has 0 aliphatic carbocycles. The van der Waals surface area contributed by atoms with E-state index in [0.717, 1.165) is 33.4 Å². The quantitative estimate of drug-likeness (QED) is 0.244. The number of rotatable bonds is 4. The summed E-state index contributed by atoms with van der Waals surface area (Å²) in [5, 5.41) is 17.3. The van der Waals surface area contributed by atoms with Crippen LogP contribution in [0, 0.1) is 13.8 Å². The van der Waals surface area contributed by atoms with Crippen LogP contribution in [-0.4, -0.2) is 20.4 Å². The van der Waals surface area contributed by atoms with Crippen LogP contribution in [-0.2, 0) is 10.8 Å². The molecule has 0 radical (unpaired) electrons. The molecule has 2 aromatic heterocycles. The zero-order chi connectivity index (χ0) is 27.2. The van der Waals surface area contributed by atoms with Crippen molar-refractivity contribution in [3.05, 3.63) is 82.9 Å². The van der Waals surface area contributed by atoms with Gasteiger partial charge in [-0.3, -0.25) is 0 Å². The van der Waals surface area contributed by atoms with Crippen LogP contribution in [0.1, 0.15) is 63.8 Å². The highest BCUT2D eigenvalue weighted by Crippen LogP contribution is 2.34. The van der Waals surface area contributed by atoms with Crippen molar-refractivity contribution in [1.29, 1.82) is 0 Å². The molecule has 0 unspecified atom stereocenters. The van der Waals surface area contributed by atoms with E-state index in [1.807, 2.05) is 50.2 Å². The van der Waals surface area contributed by atoms with Crippen molar-refractivity contribution in [3.8, 4) is 45.8 Å². The van der Waals surface area contributed by atoms with Crippen LogP contribution in [0.25, 0.3) is 45.8 Å². The highest BCUT2D eigenvalue weighted by molar-refractivity contribution is 5.70. The molecule has 0 N–H and O–H groups in total. The third-order valence-corrected chi connectivity index (χ3v) is 6.88. The second-order valence-corrected chi connectivity index (χ2v) is 12.0. The van der Waals surface area contributed by atoms with Crippen LogP contribution in [0.2, 0.25) is 0 Å². The lowest BCUT2D eigenvalue weighted by atomic mass is 9.87. The maximum absolute atomic E-state index is 6.08. The summed E-state index contributed by atoms with van der Waals surface area (Å²) in [5.74, 6) is 1.97. The standard InChI is InChI=1S/C32H34N4O2/c1-19-17-26(30-36-34-28(38-30)22-11-15-24(16-12-22)32(6,7)8)20(2)18-25(19)29-35-33-27(37-29)21-9-13-23(14-10-21)31(3,4)5/h9-18H,1-8H3. The molecule has 0 atom stereocenters. The van der Waals surface area contributed by atoms with Crippen LogP contribution in [0.15, 0.2) is 69.5 Å². The van der Waals surface area contributed by atoms with Gasteiger partial charge in [0.15, 0.2) is 0 Å².